The van der Waals surface area contributed by atoms with E-state index in [9.17, 15) is 13.2 Å². The third-order valence-corrected chi connectivity index (χ3v) is 5.63. The van der Waals surface area contributed by atoms with Crippen LogP contribution in [0.1, 0.15) is 29.8 Å². The summed E-state index contributed by atoms with van der Waals surface area (Å²) in [6, 6.07) is 12.3. The lowest BCUT2D eigenvalue weighted by Crippen LogP contribution is -2.17. The fourth-order valence-corrected chi connectivity index (χ4v) is 4.24. The summed E-state index contributed by atoms with van der Waals surface area (Å²) in [5.74, 6) is 0.512. The number of nitrogen functional groups attached to an aromatic ring is 1. The highest BCUT2D eigenvalue weighted by molar-refractivity contribution is 5.98. The van der Waals surface area contributed by atoms with Gasteiger partial charge in [-0.15, -0.1) is 13.2 Å². The minimum Gasteiger partial charge on any atom is -0.490 e. The second-order valence-corrected chi connectivity index (χ2v) is 7.78. The standard InChI is InChI=1S/C23H20F3N5O2/c1-2-32-17-11-14(7-8-16(17)33-23(24,25)26)19-18-20(27)28-21(29-22(18)31-30-19)15-9-12-5-3-4-6-13(12)10-15/h3-8,11,15H,2,9-10H2,1H3,(H3,27,28,29,30,31). The van der Waals surface area contributed by atoms with Gasteiger partial charge in [0.25, 0.3) is 0 Å². The van der Waals surface area contributed by atoms with Gasteiger partial charge in [-0.1, -0.05) is 24.3 Å². The number of hydrogen-bond donors (Lipinski definition) is 2. The number of ether oxygens (including phenoxy) is 2. The number of nitrogens with two attached hydrogens (primary N) is 1. The molecule has 4 aromatic rings. The van der Waals surface area contributed by atoms with Crippen LogP contribution in [0.25, 0.3) is 22.3 Å². The maximum absolute atomic E-state index is 12.7. The SMILES string of the molecule is CCOc1cc(-c2[nH]nc3nc(C4Cc5ccccc5C4)nc(N)c23)ccc1OC(F)(F)F. The van der Waals surface area contributed by atoms with Gasteiger partial charge in [0.05, 0.1) is 17.7 Å². The molecule has 3 N–H and O–H groups in total. The second kappa shape index (κ2) is 7.95. The topological polar surface area (TPSA) is 98.9 Å². The number of aromatic amines is 1. The first-order valence-electron chi connectivity index (χ1n) is 10.4. The summed E-state index contributed by atoms with van der Waals surface area (Å²) in [5, 5.41) is 7.68. The first kappa shape index (κ1) is 21.0. The number of hydrogen-bond acceptors (Lipinski definition) is 6. The van der Waals surface area contributed by atoms with Crippen molar-refractivity contribution in [1.29, 1.82) is 0 Å². The summed E-state index contributed by atoms with van der Waals surface area (Å²) in [7, 11) is 0. The highest BCUT2D eigenvalue weighted by Crippen LogP contribution is 2.39. The Kier molecular flexibility index (Phi) is 5.07. The molecule has 0 atom stereocenters. The number of fused-ring (bicyclic) bond motifs is 2. The Balaban J connectivity index is 1.51. The van der Waals surface area contributed by atoms with Gasteiger partial charge in [0.2, 0.25) is 0 Å². The molecule has 170 valence electrons. The van der Waals surface area contributed by atoms with Crippen LogP contribution < -0.4 is 15.2 Å². The molecule has 5 rings (SSSR count). The molecule has 0 fully saturated rings. The molecule has 0 saturated carbocycles. The lowest BCUT2D eigenvalue weighted by atomic mass is 10.0. The fourth-order valence-electron chi connectivity index (χ4n) is 4.24. The Morgan fingerprint density at radius 2 is 1.79 bits per heavy atom. The quantitative estimate of drug-likeness (QED) is 0.449. The third kappa shape index (κ3) is 4.04. The second-order valence-electron chi connectivity index (χ2n) is 7.78. The van der Waals surface area contributed by atoms with Crippen LogP contribution in [0.5, 0.6) is 11.5 Å². The Morgan fingerprint density at radius 1 is 1.06 bits per heavy atom. The molecule has 10 heteroatoms. The van der Waals surface area contributed by atoms with E-state index >= 15 is 0 Å². The molecule has 33 heavy (non-hydrogen) atoms. The summed E-state index contributed by atoms with van der Waals surface area (Å²) in [6.07, 6.45) is -3.17. The highest BCUT2D eigenvalue weighted by Gasteiger charge is 2.33. The van der Waals surface area contributed by atoms with Gasteiger partial charge in [-0.3, -0.25) is 5.10 Å². The number of aromatic nitrogens is 4. The summed E-state index contributed by atoms with van der Waals surface area (Å²) in [4.78, 5) is 9.19. The van der Waals surface area contributed by atoms with E-state index in [0.717, 1.165) is 12.8 Å². The monoisotopic (exact) mass is 455 g/mol. The Bertz CT molecular complexity index is 1310. The Labute approximate surface area is 186 Å². The van der Waals surface area contributed by atoms with E-state index in [4.69, 9.17) is 10.5 Å². The number of nitrogens with zero attached hydrogens (tertiary/aromatic N) is 3. The molecule has 1 aliphatic rings. The molecule has 0 unspecified atom stereocenters. The summed E-state index contributed by atoms with van der Waals surface area (Å²) in [6.45, 7) is 1.84. The molecule has 2 aromatic carbocycles. The van der Waals surface area contributed by atoms with E-state index in [1.54, 1.807) is 6.92 Å². The van der Waals surface area contributed by atoms with E-state index in [1.807, 2.05) is 12.1 Å². The number of rotatable bonds is 5. The average Bonchev–Trinajstić information content (AvgIpc) is 3.39. The van der Waals surface area contributed by atoms with Crippen molar-refractivity contribution in [2.75, 3.05) is 12.3 Å². The molecule has 2 aromatic heterocycles. The molecular formula is C23H20F3N5O2. The van der Waals surface area contributed by atoms with Crippen molar-refractivity contribution in [3.8, 4) is 22.8 Å². The number of alkyl halides is 3. The zero-order chi connectivity index (χ0) is 23.2. The predicted molar refractivity (Wildman–Crippen MR) is 116 cm³/mol. The zero-order valence-electron chi connectivity index (χ0n) is 17.6. The smallest absolute Gasteiger partial charge is 0.490 e. The molecule has 1 aliphatic carbocycles. The number of halogens is 3. The maximum Gasteiger partial charge on any atom is 0.573 e. The van der Waals surface area contributed by atoms with Crippen LogP contribution in [0, 0.1) is 0 Å². The van der Waals surface area contributed by atoms with E-state index in [2.05, 4.69) is 37.0 Å². The molecule has 2 heterocycles. The first-order chi connectivity index (χ1) is 15.8. The predicted octanol–water partition coefficient (Wildman–Crippen LogP) is 4.78. The molecule has 0 amide bonds. The number of anilines is 1. The minimum absolute atomic E-state index is 0.0464. The van der Waals surface area contributed by atoms with Gasteiger partial charge >= 0.3 is 6.36 Å². The highest BCUT2D eigenvalue weighted by atomic mass is 19.4. The van der Waals surface area contributed by atoms with Crippen LogP contribution >= 0.6 is 0 Å². The molecule has 0 radical (unpaired) electrons. The van der Waals surface area contributed by atoms with Crippen molar-refractivity contribution < 1.29 is 22.6 Å². The van der Waals surface area contributed by atoms with E-state index in [0.29, 0.717) is 28.1 Å². The van der Waals surface area contributed by atoms with E-state index in [-0.39, 0.29) is 24.1 Å². The Morgan fingerprint density at radius 3 is 2.45 bits per heavy atom. The van der Waals surface area contributed by atoms with Gasteiger partial charge in [0.15, 0.2) is 17.1 Å². The number of nitrogens with one attached hydrogen (secondary N) is 1. The number of H-pyrrole nitrogens is 1. The van der Waals surface area contributed by atoms with Crippen LogP contribution in [0.4, 0.5) is 19.0 Å². The molecule has 7 nitrogen and oxygen atoms in total. The number of benzene rings is 2. The van der Waals surface area contributed by atoms with Crippen LogP contribution in [-0.4, -0.2) is 33.1 Å². The van der Waals surface area contributed by atoms with Crippen molar-refractivity contribution in [3.05, 3.63) is 59.4 Å². The maximum atomic E-state index is 12.7. The summed E-state index contributed by atoms with van der Waals surface area (Å²) in [5.41, 5.74) is 10.3. The van der Waals surface area contributed by atoms with Crippen molar-refractivity contribution in [2.24, 2.45) is 0 Å². The van der Waals surface area contributed by atoms with Gasteiger partial charge in [-0.05, 0) is 49.1 Å². The lowest BCUT2D eigenvalue weighted by molar-refractivity contribution is -0.275. The van der Waals surface area contributed by atoms with E-state index < -0.39 is 12.1 Å². The van der Waals surface area contributed by atoms with Gasteiger partial charge in [0.1, 0.15) is 11.6 Å². The molecule has 0 saturated heterocycles. The van der Waals surface area contributed by atoms with Gasteiger partial charge in [-0.25, -0.2) is 9.97 Å². The lowest BCUT2D eigenvalue weighted by Gasteiger charge is -2.14. The molecule has 0 bridgehead atoms. The van der Waals surface area contributed by atoms with Gasteiger partial charge < -0.3 is 15.2 Å². The normalized spacial score (nSPS) is 13.9. The van der Waals surface area contributed by atoms with Crippen LogP contribution in [0.3, 0.4) is 0 Å². The third-order valence-electron chi connectivity index (χ3n) is 5.63. The molecule has 0 spiro atoms. The largest absolute Gasteiger partial charge is 0.573 e. The molecular weight excluding hydrogens is 435 g/mol. The van der Waals surface area contributed by atoms with Crippen LogP contribution in [0.15, 0.2) is 42.5 Å². The summed E-state index contributed by atoms with van der Waals surface area (Å²) >= 11 is 0. The minimum atomic E-state index is -4.83. The van der Waals surface area contributed by atoms with Crippen molar-refractivity contribution in [2.45, 2.75) is 32.0 Å². The zero-order valence-corrected chi connectivity index (χ0v) is 17.6. The first-order valence-corrected chi connectivity index (χ1v) is 10.4. The van der Waals surface area contributed by atoms with Crippen molar-refractivity contribution in [3.63, 3.8) is 0 Å². The van der Waals surface area contributed by atoms with Crippen molar-refractivity contribution in [1.82, 2.24) is 20.2 Å². The molecule has 0 aliphatic heterocycles. The van der Waals surface area contributed by atoms with Crippen LogP contribution in [-0.2, 0) is 12.8 Å². The van der Waals surface area contributed by atoms with Crippen LogP contribution in [0.2, 0.25) is 0 Å². The van der Waals surface area contributed by atoms with Crippen molar-refractivity contribution >= 4 is 16.9 Å². The van der Waals surface area contributed by atoms with E-state index in [1.165, 1.54) is 29.3 Å². The average molecular weight is 455 g/mol. The fraction of sp³-hybridized carbons (Fsp3) is 0.261. The van der Waals surface area contributed by atoms with Gasteiger partial charge in [-0.2, -0.15) is 5.10 Å². The Hall–Kier alpha value is -3.82. The summed E-state index contributed by atoms with van der Waals surface area (Å²) < 4.78 is 47.6. The van der Waals surface area contributed by atoms with Gasteiger partial charge in [0, 0.05) is 11.5 Å².